The number of likely N-dealkylation sites (N-methyl/N-ethyl adjacent to an activating group) is 1. The van der Waals surface area contributed by atoms with E-state index in [0.29, 0.717) is 6.54 Å². The van der Waals surface area contributed by atoms with Crippen LogP contribution >= 0.6 is 0 Å². The van der Waals surface area contributed by atoms with Gasteiger partial charge < -0.3 is 15.5 Å². The third kappa shape index (κ3) is 2.59. The van der Waals surface area contributed by atoms with Crippen LogP contribution in [0.4, 0.5) is 5.69 Å². The van der Waals surface area contributed by atoms with Gasteiger partial charge in [0.05, 0.1) is 12.1 Å². The summed E-state index contributed by atoms with van der Waals surface area (Å²) < 4.78 is 0. The maximum atomic E-state index is 12.4. The van der Waals surface area contributed by atoms with Crippen molar-refractivity contribution in [1.29, 1.82) is 0 Å². The molecule has 1 aliphatic heterocycles. The number of carbonyl (C=O) groups is 1. The summed E-state index contributed by atoms with van der Waals surface area (Å²) in [5.74, 6) is 0.178. The van der Waals surface area contributed by atoms with Crippen LogP contribution in [0.25, 0.3) is 0 Å². The first kappa shape index (κ1) is 13.9. The molecule has 1 amide bonds. The van der Waals surface area contributed by atoms with Crippen LogP contribution in [0.15, 0.2) is 18.2 Å². The molecule has 1 heterocycles. The van der Waals surface area contributed by atoms with Crippen LogP contribution in [0.1, 0.15) is 25.0 Å². The van der Waals surface area contributed by atoms with Crippen LogP contribution in [0.3, 0.4) is 0 Å². The first-order valence-corrected chi connectivity index (χ1v) is 6.66. The van der Waals surface area contributed by atoms with E-state index >= 15 is 0 Å². The van der Waals surface area contributed by atoms with E-state index in [2.05, 4.69) is 19.9 Å². The predicted octanol–water partition coefficient (Wildman–Crippen LogP) is 1.45. The van der Waals surface area contributed by atoms with E-state index in [0.717, 1.165) is 18.7 Å². The largest absolute Gasteiger partial charge is 0.399 e. The lowest BCUT2D eigenvalue weighted by atomic mass is 9.83. The first-order valence-electron chi connectivity index (χ1n) is 6.66. The van der Waals surface area contributed by atoms with Crippen molar-refractivity contribution < 1.29 is 4.79 Å². The van der Waals surface area contributed by atoms with E-state index in [9.17, 15) is 4.79 Å². The molecule has 19 heavy (non-hydrogen) atoms. The Labute approximate surface area is 115 Å². The zero-order chi connectivity index (χ0) is 14.2. The van der Waals surface area contributed by atoms with Gasteiger partial charge >= 0.3 is 0 Å². The van der Waals surface area contributed by atoms with Crippen molar-refractivity contribution in [3.05, 3.63) is 29.3 Å². The van der Waals surface area contributed by atoms with Gasteiger partial charge in [0.25, 0.3) is 0 Å². The van der Waals surface area contributed by atoms with E-state index in [1.807, 2.05) is 36.0 Å². The molecule has 0 atom stereocenters. The molecule has 2 N–H and O–H groups in total. The molecule has 0 fully saturated rings. The fraction of sp³-hybridized carbons (Fsp3) is 0.533. The number of amides is 1. The summed E-state index contributed by atoms with van der Waals surface area (Å²) in [4.78, 5) is 16.3. The van der Waals surface area contributed by atoms with E-state index in [1.54, 1.807) is 0 Å². The molecule has 0 saturated carbocycles. The van der Waals surface area contributed by atoms with Gasteiger partial charge in [-0.15, -0.1) is 0 Å². The van der Waals surface area contributed by atoms with Gasteiger partial charge in [-0.05, 0) is 57.6 Å². The Balaban J connectivity index is 2.32. The third-order valence-electron chi connectivity index (χ3n) is 3.82. The molecule has 0 aromatic heterocycles. The number of carbonyl (C=O) groups excluding carboxylic acids is 1. The molecule has 4 heteroatoms. The smallest absolute Gasteiger partial charge is 0.237 e. The number of hydrogen-bond donors (Lipinski definition) is 1. The van der Waals surface area contributed by atoms with E-state index < -0.39 is 0 Å². The zero-order valence-corrected chi connectivity index (χ0v) is 12.2. The average molecular weight is 261 g/mol. The molecule has 2 rings (SSSR count). The highest BCUT2D eigenvalue weighted by atomic mass is 16.2. The lowest BCUT2D eigenvalue weighted by Gasteiger charge is -2.44. The van der Waals surface area contributed by atoms with Crippen molar-refractivity contribution in [3.63, 3.8) is 0 Å². The minimum Gasteiger partial charge on any atom is -0.399 e. The number of anilines is 1. The SMILES string of the molecule is CN(C)CC(=O)N1CCc2cc(N)ccc2C1(C)C. The van der Waals surface area contributed by atoms with Gasteiger partial charge in [0.1, 0.15) is 0 Å². The Morgan fingerprint density at radius 1 is 1.42 bits per heavy atom. The van der Waals surface area contributed by atoms with Gasteiger partial charge in [-0.3, -0.25) is 4.79 Å². The first-order chi connectivity index (χ1) is 8.82. The Bertz CT molecular complexity index is 494. The highest BCUT2D eigenvalue weighted by molar-refractivity contribution is 5.79. The second-order valence-corrected chi connectivity index (χ2v) is 6.01. The highest BCUT2D eigenvalue weighted by Crippen LogP contribution is 2.35. The molecule has 1 aromatic carbocycles. The molecular formula is C15H23N3O. The van der Waals surface area contributed by atoms with Crippen LogP contribution in [-0.4, -0.2) is 42.9 Å². The zero-order valence-electron chi connectivity index (χ0n) is 12.2. The monoisotopic (exact) mass is 261 g/mol. The van der Waals surface area contributed by atoms with Gasteiger partial charge in [0.2, 0.25) is 5.91 Å². The lowest BCUT2D eigenvalue weighted by Crippen LogP contribution is -2.52. The van der Waals surface area contributed by atoms with E-state index in [-0.39, 0.29) is 11.4 Å². The maximum Gasteiger partial charge on any atom is 0.237 e. The fourth-order valence-corrected chi connectivity index (χ4v) is 2.87. The summed E-state index contributed by atoms with van der Waals surface area (Å²) in [6.07, 6.45) is 0.878. The van der Waals surface area contributed by atoms with Crippen molar-refractivity contribution in [2.45, 2.75) is 25.8 Å². The topological polar surface area (TPSA) is 49.6 Å². The van der Waals surface area contributed by atoms with Gasteiger partial charge in [0, 0.05) is 12.2 Å². The third-order valence-corrected chi connectivity index (χ3v) is 3.82. The average Bonchev–Trinajstić information content (AvgIpc) is 2.26. The fourth-order valence-electron chi connectivity index (χ4n) is 2.87. The molecule has 104 valence electrons. The molecule has 0 saturated heterocycles. The summed E-state index contributed by atoms with van der Waals surface area (Å²) in [6, 6.07) is 6.01. The minimum atomic E-state index is -0.269. The van der Waals surface area contributed by atoms with Gasteiger partial charge in [-0.25, -0.2) is 0 Å². The van der Waals surface area contributed by atoms with E-state index in [4.69, 9.17) is 5.73 Å². The predicted molar refractivity (Wildman–Crippen MR) is 77.9 cm³/mol. The molecule has 0 unspecified atom stereocenters. The van der Waals surface area contributed by atoms with Gasteiger partial charge in [-0.1, -0.05) is 6.07 Å². The Hall–Kier alpha value is -1.55. The van der Waals surface area contributed by atoms with Crippen LogP contribution in [0, 0.1) is 0 Å². The summed E-state index contributed by atoms with van der Waals surface area (Å²) in [7, 11) is 3.84. The maximum absolute atomic E-state index is 12.4. The summed E-state index contributed by atoms with van der Waals surface area (Å²) in [5, 5.41) is 0. The van der Waals surface area contributed by atoms with Crippen molar-refractivity contribution >= 4 is 11.6 Å². The molecule has 1 aromatic rings. The standard InChI is InChI=1S/C15H23N3O/c1-15(2)13-6-5-12(16)9-11(13)7-8-18(15)14(19)10-17(3)4/h5-6,9H,7-8,10,16H2,1-4H3. The summed E-state index contributed by atoms with van der Waals surface area (Å²) in [5.41, 5.74) is 8.84. The molecule has 0 spiro atoms. The number of nitrogen functional groups attached to an aromatic ring is 1. The van der Waals surface area contributed by atoms with Crippen LogP contribution in [0.5, 0.6) is 0 Å². The molecule has 0 bridgehead atoms. The van der Waals surface area contributed by atoms with Crippen LogP contribution < -0.4 is 5.73 Å². The molecule has 4 nitrogen and oxygen atoms in total. The van der Waals surface area contributed by atoms with Crippen molar-refractivity contribution in [2.24, 2.45) is 0 Å². The highest BCUT2D eigenvalue weighted by Gasteiger charge is 2.37. The normalized spacial score (nSPS) is 17.4. The Morgan fingerprint density at radius 2 is 2.11 bits per heavy atom. The minimum absolute atomic E-state index is 0.178. The number of hydrogen-bond acceptors (Lipinski definition) is 3. The number of nitrogens with zero attached hydrogens (tertiary/aromatic N) is 2. The van der Waals surface area contributed by atoms with Gasteiger partial charge in [-0.2, -0.15) is 0 Å². The number of nitrogens with two attached hydrogens (primary N) is 1. The van der Waals surface area contributed by atoms with Crippen LogP contribution in [-0.2, 0) is 16.8 Å². The second-order valence-electron chi connectivity index (χ2n) is 6.01. The molecular weight excluding hydrogens is 238 g/mol. The molecule has 1 aliphatic rings. The Morgan fingerprint density at radius 3 is 2.74 bits per heavy atom. The van der Waals surface area contributed by atoms with Crippen molar-refractivity contribution in [1.82, 2.24) is 9.80 Å². The molecule has 0 radical (unpaired) electrons. The van der Waals surface area contributed by atoms with Crippen molar-refractivity contribution in [2.75, 3.05) is 32.9 Å². The molecule has 0 aliphatic carbocycles. The lowest BCUT2D eigenvalue weighted by molar-refractivity contribution is -0.138. The van der Waals surface area contributed by atoms with E-state index in [1.165, 1.54) is 11.1 Å². The summed E-state index contributed by atoms with van der Waals surface area (Å²) in [6.45, 7) is 5.42. The quantitative estimate of drug-likeness (QED) is 0.820. The number of rotatable bonds is 2. The second kappa shape index (κ2) is 4.85. The summed E-state index contributed by atoms with van der Waals surface area (Å²) >= 11 is 0. The van der Waals surface area contributed by atoms with Crippen molar-refractivity contribution in [3.8, 4) is 0 Å². The number of fused-ring (bicyclic) bond motifs is 1. The number of benzene rings is 1. The Kier molecular flexibility index (Phi) is 3.54. The van der Waals surface area contributed by atoms with Crippen LogP contribution in [0.2, 0.25) is 0 Å². The van der Waals surface area contributed by atoms with Gasteiger partial charge in [0.15, 0.2) is 0 Å².